The molecule has 0 radical (unpaired) electrons. The van der Waals surface area contributed by atoms with Crippen molar-refractivity contribution in [3.8, 4) is 0 Å². The fourth-order valence-corrected chi connectivity index (χ4v) is 3.57. The highest BCUT2D eigenvalue weighted by Gasteiger charge is 2.18. The molecule has 8 heteroatoms. The third kappa shape index (κ3) is 5.27. The number of piperidine rings is 1. The van der Waals surface area contributed by atoms with Crippen molar-refractivity contribution in [1.29, 1.82) is 0 Å². The molecule has 1 fully saturated rings. The summed E-state index contributed by atoms with van der Waals surface area (Å²) in [6.45, 7) is 5.84. The van der Waals surface area contributed by atoms with Gasteiger partial charge in [0.1, 0.15) is 10.8 Å². The molecule has 1 amide bonds. The van der Waals surface area contributed by atoms with Crippen molar-refractivity contribution >= 4 is 22.4 Å². The number of nitrogen functional groups attached to an aromatic ring is 1. The smallest absolute Gasteiger partial charge is 0.286 e. The zero-order valence-corrected chi connectivity index (χ0v) is 15.3. The van der Waals surface area contributed by atoms with Crippen LogP contribution < -0.4 is 11.1 Å². The molecular weight excluding hydrogens is 338 g/mol. The highest BCUT2D eigenvalue weighted by molar-refractivity contribution is 7.15. The average molecular weight is 363 g/mol. The summed E-state index contributed by atoms with van der Waals surface area (Å²) in [6, 6.07) is 3.65. The maximum atomic E-state index is 12.1. The highest BCUT2D eigenvalue weighted by Crippen LogP contribution is 2.19. The van der Waals surface area contributed by atoms with Crippen molar-refractivity contribution in [2.75, 3.05) is 25.4 Å². The molecule has 2 aromatic heterocycles. The first kappa shape index (κ1) is 17.9. The number of carbonyl (C=O) groups excluding carboxylic acids is 1. The van der Waals surface area contributed by atoms with E-state index in [-0.39, 0.29) is 5.91 Å². The lowest BCUT2D eigenvalue weighted by atomic mass is 9.99. The molecule has 0 saturated carbocycles. The van der Waals surface area contributed by atoms with E-state index in [0.717, 1.165) is 49.2 Å². The summed E-state index contributed by atoms with van der Waals surface area (Å²) < 4.78 is 5.70. The standard InChI is InChI=1S/C17H25N5O2S/c1-12-6-9-22(10-7-12)11-13-4-5-14(24-13)16(23)19-8-2-3-15-20-21-17(18)25-15/h4-5,12H,2-3,6-11H2,1H3,(H2,18,21)(H,19,23). The quantitative estimate of drug-likeness (QED) is 0.733. The second-order valence-corrected chi connectivity index (χ2v) is 7.71. The van der Waals surface area contributed by atoms with Crippen LogP contribution in [0.2, 0.25) is 0 Å². The molecule has 0 unspecified atom stereocenters. The van der Waals surface area contributed by atoms with Crippen LogP contribution in [0.5, 0.6) is 0 Å². The highest BCUT2D eigenvalue weighted by atomic mass is 32.1. The first-order valence-electron chi connectivity index (χ1n) is 8.77. The maximum Gasteiger partial charge on any atom is 0.286 e. The second-order valence-electron chi connectivity index (χ2n) is 6.62. The summed E-state index contributed by atoms with van der Waals surface area (Å²) in [7, 11) is 0. The second kappa shape index (κ2) is 8.44. The van der Waals surface area contributed by atoms with E-state index in [1.165, 1.54) is 24.2 Å². The minimum absolute atomic E-state index is 0.171. The summed E-state index contributed by atoms with van der Waals surface area (Å²) in [6.07, 6.45) is 4.01. The first-order chi connectivity index (χ1) is 12.1. The van der Waals surface area contributed by atoms with E-state index in [1.54, 1.807) is 6.07 Å². The monoisotopic (exact) mass is 363 g/mol. The Hall–Kier alpha value is -1.93. The summed E-state index contributed by atoms with van der Waals surface area (Å²) in [4.78, 5) is 14.5. The molecule has 2 aromatic rings. The molecule has 0 spiro atoms. The molecule has 0 bridgehead atoms. The lowest BCUT2D eigenvalue weighted by Crippen LogP contribution is -2.32. The van der Waals surface area contributed by atoms with Crippen molar-refractivity contribution < 1.29 is 9.21 Å². The molecule has 136 valence electrons. The van der Waals surface area contributed by atoms with E-state index >= 15 is 0 Å². The summed E-state index contributed by atoms with van der Waals surface area (Å²) >= 11 is 1.38. The molecular formula is C17H25N5O2S. The van der Waals surface area contributed by atoms with Crippen molar-refractivity contribution in [2.24, 2.45) is 5.92 Å². The van der Waals surface area contributed by atoms with Gasteiger partial charge in [0.2, 0.25) is 5.13 Å². The van der Waals surface area contributed by atoms with Crippen LogP contribution in [0.15, 0.2) is 16.5 Å². The van der Waals surface area contributed by atoms with Gasteiger partial charge in [0.25, 0.3) is 5.91 Å². The summed E-state index contributed by atoms with van der Waals surface area (Å²) in [5, 5.41) is 12.0. The molecule has 3 rings (SSSR count). The van der Waals surface area contributed by atoms with Gasteiger partial charge in [-0.25, -0.2) is 0 Å². The number of amides is 1. The first-order valence-corrected chi connectivity index (χ1v) is 9.59. The van der Waals surface area contributed by atoms with Crippen LogP contribution in [0.3, 0.4) is 0 Å². The molecule has 0 atom stereocenters. The van der Waals surface area contributed by atoms with Crippen LogP contribution in [0.25, 0.3) is 0 Å². The van der Waals surface area contributed by atoms with Gasteiger partial charge < -0.3 is 15.5 Å². The molecule has 1 aliphatic rings. The molecule has 25 heavy (non-hydrogen) atoms. The van der Waals surface area contributed by atoms with Gasteiger partial charge in [0.05, 0.1) is 6.54 Å². The van der Waals surface area contributed by atoms with E-state index in [2.05, 4.69) is 27.3 Å². The number of rotatable bonds is 7. The van der Waals surface area contributed by atoms with Gasteiger partial charge in [0, 0.05) is 13.0 Å². The van der Waals surface area contributed by atoms with Crippen LogP contribution in [-0.4, -0.2) is 40.6 Å². The molecule has 0 aromatic carbocycles. The molecule has 3 heterocycles. The fourth-order valence-electron chi connectivity index (χ4n) is 2.92. The maximum absolute atomic E-state index is 12.1. The number of nitrogens with two attached hydrogens (primary N) is 1. The number of anilines is 1. The van der Waals surface area contributed by atoms with Crippen LogP contribution in [0.4, 0.5) is 5.13 Å². The van der Waals surface area contributed by atoms with Crippen molar-refractivity contribution in [3.05, 3.63) is 28.7 Å². The Bertz CT molecular complexity index is 691. The Morgan fingerprint density at radius 3 is 2.92 bits per heavy atom. The Morgan fingerprint density at radius 2 is 2.20 bits per heavy atom. The zero-order chi connectivity index (χ0) is 17.6. The number of aryl methyl sites for hydroxylation is 1. The fraction of sp³-hybridized carbons (Fsp3) is 0.588. The predicted octanol–water partition coefficient (Wildman–Crippen LogP) is 2.31. The molecule has 1 aliphatic heterocycles. The van der Waals surface area contributed by atoms with Gasteiger partial charge in [-0.3, -0.25) is 9.69 Å². The van der Waals surface area contributed by atoms with E-state index in [0.29, 0.717) is 17.4 Å². The van der Waals surface area contributed by atoms with Gasteiger partial charge in [-0.2, -0.15) is 0 Å². The van der Waals surface area contributed by atoms with E-state index in [1.807, 2.05) is 6.07 Å². The molecule has 1 saturated heterocycles. The van der Waals surface area contributed by atoms with Crippen LogP contribution in [0, 0.1) is 5.92 Å². The SMILES string of the molecule is CC1CCN(Cc2ccc(C(=O)NCCCc3nnc(N)s3)o2)CC1. The molecule has 3 N–H and O–H groups in total. The Morgan fingerprint density at radius 1 is 1.40 bits per heavy atom. The minimum atomic E-state index is -0.171. The Kier molecular flexibility index (Phi) is 6.04. The van der Waals surface area contributed by atoms with E-state index < -0.39 is 0 Å². The third-order valence-electron chi connectivity index (χ3n) is 4.48. The number of nitrogens with zero attached hydrogens (tertiary/aromatic N) is 3. The number of hydrogen-bond donors (Lipinski definition) is 2. The van der Waals surface area contributed by atoms with Crippen LogP contribution >= 0.6 is 11.3 Å². The predicted molar refractivity (Wildman–Crippen MR) is 97.4 cm³/mol. The number of carbonyl (C=O) groups is 1. The van der Waals surface area contributed by atoms with Crippen molar-refractivity contribution in [1.82, 2.24) is 20.4 Å². The van der Waals surface area contributed by atoms with Crippen molar-refractivity contribution in [3.63, 3.8) is 0 Å². The summed E-state index contributed by atoms with van der Waals surface area (Å²) in [5.41, 5.74) is 5.54. The Balaban J connectivity index is 1.39. The van der Waals surface area contributed by atoms with Crippen LogP contribution in [0.1, 0.15) is 47.5 Å². The van der Waals surface area contributed by atoms with Crippen molar-refractivity contribution in [2.45, 2.75) is 39.2 Å². The number of hydrogen-bond acceptors (Lipinski definition) is 7. The minimum Gasteiger partial charge on any atom is -0.455 e. The van der Waals surface area contributed by atoms with Gasteiger partial charge in [-0.05, 0) is 50.4 Å². The number of aromatic nitrogens is 2. The Labute approximate surface area is 151 Å². The van der Waals surface area contributed by atoms with E-state index in [4.69, 9.17) is 10.2 Å². The third-order valence-corrected chi connectivity index (χ3v) is 5.29. The van der Waals surface area contributed by atoms with E-state index in [9.17, 15) is 4.79 Å². The van der Waals surface area contributed by atoms with Gasteiger partial charge in [-0.1, -0.05) is 18.3 Å². The van der Waals surface area contributed by atoms with Gasteiger partial charge in [0.15, 0.2) is 5.76 Å². The molecule has 7 nitrogen and oxygen atoms in total. The normalized spacial score (nSPS) is 16.2. The number of likely N-dealkylation sites (tertiary alicyclic amines) is 1. The lowest BCUT2D eigenvalue weighted by Gasteiger charge is -2.29. The number of nitrogens with one attached hydrogen (secondary N) is 1. The summed E-state index contributed by atoms with van der Waals surface area (Å²) in [5.74, 6) is 1.87. The largest absolute Gasteiger partial charge is 0.455 e. The average Bonchev–Trinajstić information content (AvgIpc) is 3.23. The van der Waals surface area contributed by atoms with Gasteiger partial charge >= 0.3 is 0 Å². The number of furan rings is 1. The van der Waals surface area contributed by atoms with Crippen LogP contribution in [-0.2, 0) is 13.0 Å². The molecule has 0 aliphatic carbocycles. The van der Waals surface area contributed by atoms with Gasteiger partial charge in [-0.15, -0.1) is 10.2 Å². The topological polar surface area (TPSA) is 97.3 Å². The lowest BCUT2D eigenvalue weighted by molar-refractivity contribution is 0.0920. The zero-order valence-electron chi connectivity index (χ0n) is 14.5.